The first-order chi connectivity index (χ1) is 10.3. The Balaban J connectivity index is 1.68. The molecule has 5 heteroatoms. The number of aromatic nitrogens is 3. The van der Waals surface area contributed by atoms with Crippen LogP contribution >= 0.6 is 11.8 Å². The van der Waals surface area contributed by atoms with E-state index in [1.54, 1.807) is 18.5 Å². The number of rotatable bonds is 4. The van der Waals surface area contributed by atoms with Crippen molar-refractivity contribution in [3.8, 4) is 11.3 Å². The van der Waals surface area contributed by atoms with Crippen LogP contribution < -0.4 is 0 Å². The summed E-state index contributed by atoms with van der Waals surface area (Å²) in [7, 11) is 0. The Morgan fingerprint density at radius 1 is 1.00 bits per heavy atom. The molecule has 0 fully saturated rings. The second-order valence-electron chi connectivity index (χ2n) is 4.42. The number of hydrogen-bond acceptors (Lipinski definition) is 4. The Kier molecular flexibility index (Phi) is 4.21. The summed E-state index contributed by atoms with van der Waals surface area (Å²) < 4.78 is 13.1. The maximum absolute atomic E-state index is 13.1. The van der Waals surface area contributed by atoms with Crippen LogP contribution in [0, 0.1) is 5.82 Å². The van der Waals surface area contributed by atoms with E-state index in [-0.39, 0.29) is 5.82 Å². The van der Waals surface area contributed by atoms with E-state index in [9.17, 15) is 4.39 Å². The molecule has 0 amide bonds. The minimum absolute atomic E-state index is 0.217. The Morgan fingerprint density at radius 3 is 2.67 bits per heavy atom. The molecule has 2 heterocycles. The van der Waals surface area contributed by atoms with Crippen molar-refractivity contribution >= 4 is 11.8 Å². The zero-order valence-corrected chi connectivity index (χ0v) is 11.9. The van der Waals surface area contributed by atoms with Gasteiger partial charge in [-0.25, -0.2) is 4.39 Å². The molecule has 0 saturated heterocycles. The summed E-state index contributed by atoms with van der Waals surface area (Å²) in [5.74, 6) is 0.449. The lowest BCUT2D eigenvalue weighted by Crippen LogP contribution is -1.90. The maximum atomic E-state index is 13.1. The minimum atomic E-state index is -0.217. The summed E-state index contributed by atoms with van der Waals surface area (Å²) in [5.41, 5.74) is 2.66. The van der Waals surface area contributed by atoms with E-state index in [0.717, 1.165) is 21.8 Å². The van der Waals surface area contributed by atoms with E-state index in [4.69, 9.17) is 0 Å². The molecular formula is C16H12FN3S. The van der Waals surface area contributed by atoms with Crippen LogP contribution in [0.4, 0.5) is 4.39 Å². The highest BCUT2D eigenvalue weighted by Gasteiger charge is 2.03. The lowest BCUT2D eigenvalue weighted by Gasteiger charge is -2.03. The van der Waals surface area contributed by atoms with Crippen LogP contribution in [0.2, 0.25) is 0 Å². The lowest BCUT2D eigenvalue weighted by molar-refractivity contribution is 0.626. The summed E-state index contributed by atoms with van der Waals surface area (Å²) in [5, 5.41) is 9.19. The molecule has 3 rings (SSSR count). The average molecular weight is 297 g/mol. The predicted octanol–water partition coefficient (Wildman–Crippen LogP) is 3.97. The van der Waals surface area contributed by atoms with E-state index < -0.39 is 0 Å². The zero-order chi connectivity index (χ0) is 14.5. The molecule has 0 aliphatic rings. The van der Waals surface area contributed by atoms with Gasteiger partial charge in [0.25, 0.3) is 0 Å². The summed E-state index contributed by atoms with van der Waals surface area (Å²) in [4.78, 5) is 4.06. The Bertz CT molecular complexity index is 717. The summed E-state index contributed by atoms with van der Waals surface area (Å²) in [6.07, 6.45) is 3.48. The fourth-order valence-electron chi connectivity index (χ4n) is 1.85. The van der Waals surface area contributed by atoms with Crippen LogP contribution in [-0.2, 0) is 5.75 Å². The standard InChI is InChI=1S/C16H12FN3S/c17-14-5-1-3-12(9-14)11-21-16-7-6-15(19-20-16)13-4-2-8-18-10-13/h1-10H,11H2. The van der Waals surface area contributed by atoms with Gasteiger partial charge in [0.1, 0.15) is 10.8 Å². The van der Waals surface area contributed by atoms with Crippen molar-refractivity contribution < 1.29 is 4.39 Å². The number of halogens is 1. The Morgan fingerprint density at radius 2 is 1.95 bits per heavy atom. The van der Waals surface area contributed by atoms with Crippen molar-refractivity contribution in [1.29, 1.82) is 0 Å². The van der Waals surface area contributed by atoms with Crippen molar-refractivity contribution in [2.45, 2.75) is 10.8 Å². The molecule has 0 atom stereocenters. The van der Waals surface area contributed by atoms with E-state index in [1.165, 1.54) is 23.9 Å². The van der Waals surface area contributed by atoms with Crippen molar-refractivity contribution in [1.82, 2.24) is 15.2 Å². The van der Waals surface area contributed by atoms with E-state index in [1.807, 2.05) is 30.3 Å². The van der Waals surface area contributed by atoms with Crippen LogP contribution in [0.5, 0.6) is 0 Å². The van der Waals surface area contributed by atoms with Gasteiger partial charge in [-0.05, 0) is 42.0 Å². The molecule has 0 aliphatic carbocycles. The molecule has 3 aromatic rings. The molecule has 0 aliphatic heterocycles. The molecule has 104 valence electrons. The Labute approximate surface area is 126 Å². The number of hydrogen-bond donors (Lipinski definition) is 0. The molecule has 0 radical (unpaired) electrons. The summed E-state index contributed by atoms with van der Waals surface area (Å²) in [6.45, 7) is 0. The van der Waals surface area contributed by atoms with Gasteiger partial charge in [0.15, 0.2) is 0 Å². The van der Waals surface area contributed by atoms with Crippen LogP contribution in [0.15, 0.2) is 66.0 Å². The zero-order valence-electron chi connectivity index (χ0n) is 11.1. The smallest absolute Gasteiger partial charge is 0.123 e. The second-order valence-corrected chi connectivity index (χ2v) is 5.41. The third kappa shape index (κ3) is 3.64. The van der Waals surface area contributed by atoms with E-state index in [0.29, 0.717) is 5.75 Å². The Hall–Kier alpha value is -2.27. The van der Waals surface area contributed by atoms with Gasteiger partial charge in [-0.3, -0.25) is 4.98 Å². The number of thioether (sulfide) groups is 1. The van der Waals surface area contributed by atoms with Crippen molar-refractivity contribution in [2.24, 2.45) is 0 Å². The fourth-order valence-corrected chi connectivity index (χ4v) is 2.61. The normalized spacial score (nSPS) is 10.5. The SMILES string of the molecule is Fc1cccc(CSc2ccc(-c3cccnc3)nn2)c1. The minimum Gasteiger partial charge on any atom is -0.264 e. The largest absolute Gasteiger partial charge is 0.264 e. The molecule has 21 heavy (non-hydrogen) atoms. The summed E-state index contributed by atoms with van der Waals surface area (Å²) in [6, 6.07) is 14.2. The van der Waals surface area contributed by atoms with Gasteiger partial charge in [0.05, 0.1) is 5.69 Å². The quantitative estimate of drug-likeness (QED) is 0.683. The van der Waals surface area contributed by atoms with Gasteiger partial charge in [-0.15, -0.1) is 10.2 Å². The molecule has 2 aromatic heterocycles. The van der Waals surface area contributed by atoms with Crippen LogP contribution in [-0.4, -0.2) is 15.2 Å². The van der Waals surface area contributed by atoms with Gasteiger partial charge >= 0.3 is 0 Å². The third-order valence-corrected chi connectivity index (χ3v) is 3.86. The molecular weight excluding hydrogens is 285 g/mol. The molecule has 3 nitrogen and oxygen atoms in total. The highest BCUT2D eigenvalue weighted by Crippen LogP contribution is 2.22. The van der Waals surface area contributed by atoms with Crippen LogP contribution in [0.1, 0.15) is 5.56 Å². The van der Waals surface area contributed by atoms with E-state index >= 15 is 0 Å². The average Bonchev–Trinajstić information content (AvgIpc) is 2.54. The number of pyridine rings is 1. The van der Waals surface area contributed by atoms with Crippen molar-refractivity contribution in [3.63, 3.8) is 0 Å². The number of benzene rings is 1. The van der Waals surface area contributed by atoms with E-state index in [2.05, 4.69) is 15.2 Å². The molecule has 0 N–H and O–H groups in total. The molecule has 1 aromatic carbocycles. The van der Waals surface area contributed by atoms with Gasteiger partial charge in [0, 0.05) is 23.7 Å². The topological polar surface area (TPSA) is 38.7 Å². The summed E-state index contributed by atoms with van der Waals surface area (Å²) >= 11 is 1.53. The lowest BCUT2D eigenvalue weighted by atomic mass is 10.2. The fraction of sp³-hybridized carbons (Fsp3) is 0.0625. The second kappa shape index (κ2) is 6.45. The highest BCUT2D eigenvalue weighted by atomic mass is 32.2. The highest BCUT2D eigenvalue weighted by molar-refractivity contribution is 7.98. The predicted molar refractivity (Wildman–Crippen MR) is 81.2 cm³/mol. The van der Waals surface area contributed by atoms with Crippen LogP contribution in [0.25, 0.3) is 11.3 Å². The monoisotopic (exact) mass is 297 g/mol. The van der Waals surface area contributed by atoms with Gasteiger partial charge in [-0.2, -0.15) is 0 Å². The first kappa shape index (κ1) is 13.7. The van der Waals surface area contributed by atoms with Crippen molar-refractivity contribution in [2.75, 3.05) is 0 Å². The molecule has 0 unspecified atom stereocenters. The molecule has 0 saturated carbocycles. The number of nitrogens with zero attached hydrogens (tertiary/aromatic N) is 3. The van der Waals surface area contributed by atoms with Gasteiger partial charge in [-0.1, -0.05) is 23.9 Å². The first-order valence-electron chi connectivity index (χ1n) is 6.43. The molecule has 0 spiro atoms. The molecule has 0 bridgehead atoms. The van der Waals surface area contributed by atoms with Gasteiger partial charge in [0.2, 0.25) is 0 Å². The van der Waals surface area contributed by atoms with Gasteiger partial charge < -0.3 is 0 Å². The van der Waals surface area contributed by atoms with Crippen molar-refractivity contribution in [3.05, 3.63) is 72.3 Å². The maximum Gasteiger partial charge on any atom is 0.123 e. The first-order valence-corrected chi connectivity index (χ1v) is 7.41. The third-order valence-electron chi connectivity index (χ3n) is 2.87. The van der Waals surface area contributed by atoms with Crippen LogP contribution in [0.3, 0.4) is 0 Å².